The Bertz CT molecular complexity index is 332. The zero-order chi connectivity index (χ0) is 11.4. The van der Waals surface area contributed by atoms with Crippen molar-refractivity contribution in [3.63, 3.8) is 0 Å². The van der Waals surface area contributed by atoms with Crippen LogP contribution in [0.15, 0.2) is 22.7 Å². The second-order valence-corrected chi connectivity index (χ2v) is 4.55. The lowest BCUT2D eigenvalue weighted by Crippen LogP contribution is -2.32. The van der Waals surface area contributed by atoms with Gasteiger partial charge in [0.1, 0.15) is 5.82 Å². The summed E-state index contributed by atoms with van der Waals surface area (Å²) >= 11 is 3.21. The lowest BCUT2D eigenvalue weighted by Gasteiger charge is -2.19. The molecule has 0 aliphatic rings. The summed E-state index contributed by atoms with van der Waals surface area (Å²) in [5.74, 6) is -0.241. The summed E-state index contributed by atoms with van der Waals surface area (Å²) in [5, 5.41) is 12.0. The van der Waals surface area contributed by atoms with Gasteiger partial charge < -0.3 is 10.4 Å². The third kappa shape index (κ3) is 3.55. The first kappa shape index (κ1) is 12.6. The minimum Gasteiger partial charge on any atom is -0.395 e. The van der Waals surface area contributed by atoms with Gasteiger partial charge in [-0.3, -0.25) is 0 Å². The molecule has 0 aromatic heterocycles. The summed E-state index contributed by atoms with van der Waals surface area (Å²) in [6, 6.07) is 4.83. The van der Waals surface area contributed by atoms with E-state index in [0.717, 1.165) is 4.47 Å². The minimum absolute atomic E-state index is 0.0388. The molecule has 0 fully saturated rings. The largest absolute Gasteiger partial charge is 0.395 e. The first-order valence-electron chi connectivity index (χ1n) is 4.86. The number of benzene rings is 1. The summed E-state index contributed by atoms with van der Waals surface area (Å²) in [5.41, 5.74) is 0.610. The van der Waals surface area contributed by atoms with Crippen molar-refractivity contribution >= 4 is 15.9 Å². The van der Waals surface area contributed by atoms with E-state index in [2.05, 4.69) is 21.2 Å². The van der Waals surface area contributed by atoms with Gasteiger partial charge in [0.05, 0.1) is 6.61 Å². The fraction of sp³-hybridized carbons (Fsp3) is 0.455. The number of hydrogen-bond donors (Lipinski definition) is 2. The fourth-order valence-corrected chi connectivity index (χ4v) is 1.76. The Balaban J connectivity index is 2.77. The number of hydrogen-bond acceptors (Lipinski definition) is 2. The van der Waals surface area contributed by atoms with Crippen molar-refractivity contribution < 1.29 is 9.50 Å². The molecule has 0 saturated carbocycles. The van der Waals surface area contributed by atoms with Gasteiger partial charge in [-0.1, -0.05) is 22.0 Å². The highest BCUT2D eigenvalue weighted by molar-refractivity contribution is 9.10. The Morgan fingerprint density at radius 2 is 2.13 bits per heavy atom. The van der Waals surface area contributed by atoms with Gasteiger partial charge in [0.15, 0.2) is 0 Å². The van der Waals surface area contributed by atoms with Crippen LogP contribution in [0, 0.1) is 5.82 Å². The van der Waals surface area contributed by atoms with E-state index in [4.69, 9.17) is 5.11 Å². The summed E-state index contributed by atoms with van der Waals surface area (Å²) in [6.45, 7) is 3.77. The van der Waals surface area contributed by atoms with Gasteiger partial charge in [0, 0.05) is 22.1 Å². The Labute approximate surface area is 97.6 Å². The molecule has 0 aliphatic heterocycles. The van der Waals surface area contributed by atoms with E-state index in [-0.39, 0.29) is 24.5 Å². The van der Waals surface area contributed by atoms with Crippen molar-refractivity contribution in [1.29, 1.82) is 0 Å². The quantitative estimate of drug-likeness (QED) is 0.886. The fourth-order valence-electron chi connectivity index (χ4n) is 1.42. The average Bonchev–Trinajstić information content (AvgIpc) is 2.17. The van der Waals surface area contributed by atoms with Crippen LogP contribution in [0.4, 0.5) is 4.39 Å². The van der Waals surface area contributed by atoms with Crippen LogP contribution in [0.5, 0.6) is 0 Å². The highest BCUT2D eigenvalue weighted by Crippen LogP contribution is 2.21. The number of aliphatic hydroxyl groups excluding tert-OH is 1. The standard InChI is InChI=1S/C11H15BrFNO/c1-7(6-15)14-8(2)10-4-3-9(12)5-11(10)13/h3-5,7-8,14-15H,6H2,1-2H3/t7-,8?/m1/s1. The maximum absolute atomic E-state index is 13.5. The minimum atomic E-state index is -0.241. The van der Waals surface area contributed by atoms with E-state index >= 15 is 0 Å². The van der Waals surface area contributed by atoms with Gasteiger partial charge in [0.25, 0.3) is 0 Å². The van der Waals surface area contributed by atoms with E-state index in [1.54, 1.807) is 12.1 Å². The molecule has 1 aromatic carbocycles. The summed E-state index contributed by atoms with van der Waals surface area (Å²) in [4.78, 5) is 0. The van der Waals surface area contributed by atoms with Crippen LogP contribution < -0.4 is 5.32 Å². The number of halogens is 2. The normalized spacial score (nSPS) is 15.0. The maximum Gasteiger partial charge on any atom is 0.129 e. The molecule has 0 amide bonds. The summed E-state index contributed by atoms with van der Waals surface area (Å²) in [6.07, 6.45) is 0. The molecule has 2 N–H and O–H groups in total. The van der Waals surface area contributed by atoms with Crippen LogP contribution in [0.25, 0.3) is 0 Å². The summed E-state index contributed by atoms with van der Waals surface area (Å²) < 4.78 is 14.3. The van der Waals surface area contributed by atoms with E-state index in [1.165, 1.54) is 6.07 Å². The first-order valence-corrected chi connectivity index (χ1v) is 5.65. The van der Waals surface area contributed by atoms with E-state index in [0.29, 0.717) is 5.56 Å². The predicted octanol–water partition coefficient (Wildman–Crippen LogP) is 2.62. The monoisotopic (exact) mass is 275 g/mol. The van der Waals surface area contributed by atoms with Crippen molar-refractivity contribution in [3.8, 4) is 0 Å². The van der Waals surface area contributed by atoms with Crippen molar-refractivity contribution in [2.45, 2.75) is 25.9 Å². The highest BCUT2D eigenvalue weighted by Gasteiger charge is 2.12. The highest BCUT2D eigenvalue weighted by atomic mass is 79.9. The van der Waals surface area contributed by atoms with Crippen LogP contribution >= 0.6 is 15.9 Å². The average molecular weight is 276 g/mol. The smallest absolute Gasteiger partial charge is 0.129 e. The van der Waals surface area contributed by atoms with Crippen molar-refractivity contribution in [2.75, 3.05) is 6.61 Å². The maximum atomic E-state index is 13.5. The first-order chi connectivity index (χ1) is 7.04. The van der Waals surface area contributed by atoms with Crippen LogP contribution in [-0.2, 0) is 0 Å². The summed E-state index contributed by atoms with van der Waals surface area (Å²) in [7, 11) is 0. The molecule has 4 heteroatoms. The third-order valence-corrected chi connectivity index (χ3v) is 2.73. The number of rotatable bonds is 4. The third-order valence-electron chi connectivity index (χ3n) is 2.24. The molecule has 0 spiro atoms. The molecule has 1 aromatic rings. The van der Waals surface area contributed by atoms with Gasteiger partial charge in [-0.25, -0.2) is 4.39 Å². The second kappa shape index (κ2) is 5.58. The Hall–Kier alpha value is -0.450. The molecule has 0 aliphatic carbocycles. The number of aliphatic hydroxyl groups is 1. The molecular formula is C11H15BrFNO. The van der Waals surface area contributed by atoms with Gasteiger partial charge in [-0.15, -0.1) is 0 Å². The lowest BCUT2D eigenvalue weighted by molar-refractivity contribution is 0.242. The molecule has 1 rings (SSSR count). The molecule has 2 atom stereocenters. The van der Waals surface area contributed by atoms with Crippen molar-refractivity contribution in [2.24, 2.45) is 0 Å². The van der Waals surface area contributed by atoms with E-state index in [1.807, 2.05) is 13.8 Å². The molecule has 1 unspecified atom stereocenters. The molecule has 0 heterocycles. The molecule has 0 bridgehead atoms. The SMILES string of the molecule is CC(N[C@H](C)CO)c1ccc(Br)cc1F. The molecule has 84 valence electrons. The predicted molar refractivity (Wildman–Crippen MR) is 62.2 cm³/mol. The van der Waals surface area contributed by atoms with Crippen molar-refractivity contribution in [3.05, 3.63) is 34.1 Å². The van der Waals surface area contributed by atoms with E-state index in [9.17, 15) is 4.39 Å². The second-order valence-electron chi connectivity index (χ2n) is 3.64. The molecule has 0 radical (unpaired) electrons. The topological polar surface area (TPSA) is 32.3 Å². The van der Waals surface area contributed by atoms with Gasteiger partial charge >= 0.3 is 0 Å². The number of nitrogens with one attached hydrogen (secondary N) is 1. The Kier molecular flexibility index (Phi) is 4.70. The zero-order valence-corrected chi connectivity index (χ0v) is 10.4. The molecular weight excluding hydrogens is 261 g/mol. The van der Waals surface area contributed by atoms with Crippen LogP contribution in [0.2, 0.25) is 0 Å². The molecule has 0 saturated heterocycles. The molecule has 2 nitrogen and oxygen atoms in total. The van der Waals surface area contributed by atoms with Crippen molar-refractivity contribution in [1.82, 2.24) is 5.32 Å². The molecule has 15 heavy (non-hydrogen) atoms. The Morgan fingerprint density at radius 1 is 1.47 bits per heavy atom. The van der Waals surface area contributed by atoms with Gasteiger partial charge in [-0.05, 0) is 26.0 Å². The van der Waals surface area contributed by atoms with Gasteiger partial charge in [0.2, 0.25) is 0 Å². The van der Waals surface area contributed by atoms with Crippen LogP contribution in [0.3, 0.4) is 0 Å². The van der Waals surface area contributed by atoms with Crippen LogP contribution in [0.1, 0.15) is 25.5 Å². The van der Waals surface area contributed by atoms with Gasteiger partial charge in [-0.2, -0.15) is 0 Å². The van der Waals surface area contributed by atoms with Crippen LogP contribution in [-0.4, -0.2) is 17.8 Å². The Morgan fingerprint density at radius 3 is 2.67 bits per heavy atom. The van der Waals surface area contributed by atoms with E-state index < -0.39 is 0 Å². The zero-order valence-electron chi connectivity index (χ0n) is 8.80. The lowest BCUT2D eigenvalue weighted by atomic mass is 10.1.